The third-order valence-corrected chi connectivity index (χ3v) is 3.57. The first-order valence-electron chi connectivity index (χ1n) is 7.32. The number of carbonyl (C=O) groups is 1. The van der Waals surface area contributed by atoms with E-state index in [1.807, 2.05) is 41.1 Å². The largest absolute Gasteiger partial charge is 0.378 e. The molecule has 1 unspecified atom stereocenters. The average molecular weight is 307 g/mol. The zero-order chi connectivity index (χ0) is 16.1. The summed E-state index contributed by atoms with van der Waals surface area (Å²) in [6, 6.07) is 16.7. The third kappa shape index (κ3) is 3.64. The van der Waals surface area contributed by atoms with E-state index in [-0.39, 0.29) is 0 Å². The topological polar surface area (TPSA) is 67.2 Å². The number of aliphatic hydroxyl groups excluding tert-OH is 1. The van der Waals surface area contributed by atoms with E-state index in [0.29, 0.717) is 12.1 Å². The molecule has 0 aliphatic carbocycles. The molecule has 0 radical (unpaired) electrons. The van der Waals surface area contributed by atoms with Gasteiger partial charge in [-0.3, -0.25) is 4.79 Å². The lowest BCUT2D eigenvalue weighted by Crippen LogP contribution is -2.28. The molecule has 0 bridgehead atoms. The Hall–Kier alpha value is -2.92. The second-order valence-electron chi connectivity index (χ2n) is 5.17. The normalized spacial score (nSPS) is 11.9. The standard InChI is InChI=1S/C18H17N3O2/c22-17(15-4-2-1-3-5-15)18(23)20-12-14-6-8-16(9-7-14)21-11-10-19-13-21/h1-11,13,17,22H,12H2,(H,20,23). The van der Waals surface area contributed by atoms with Crippen molar-refractivity contribution in [3.8, 4) is 5.69 Å². The van der Waals surface area contributed by atoms with Gasteiger partial charge in [0.25, 0.3) is 5.91 Å². The van der Waals surface area contributed by atoms with Crippen molar-refractivity contribution in [3.05, 3.63) is 84.4 Å². The van der Waals surface area contributed by atoms with Crippen molar-refractivity contribution in [1.29, 1.82) is 0 Å². The summed E-state index contributed by atoms with van der Waals surface area (Å²) in [6.07, 6.45) is 4.17. The lowest BCUT2D eigenvalue weighted by atomic mass is 10.1. The Morgan fingerprint density at radius 3 is 2.52 bits per heavy atom. The molecule has 0 spiro atoms. The molecule has 0 saturated carbocycles. The van der Waals surface area contributed by atoms with Crippen LogP contribution < -0.4 is 5.32 Å². The van der Waals surface area contributed by atoms with Crippen LogP contribution in [0.5, 0.6) is 0 Å². The number of benzene rings is 2. The van der Waals surface area contributed by atoms with Crippen LogP contribution in [-0.2, 0) is 11.3 Å². The van der Waals surface area contributed by atoms with E-state index >= 15 is 0 Å². The maximum atomic E-state index is 12.0. The molecule has 2 aromatic carbocycles. The number of carbonyl (C=O) groups excluding carboxylic acids is 1. The maximum absolute atomic E-state index is 12.0. The fourth-order valence-electron chi connectivity index (χ4n) is 2.27. The highest BCUT2D eigenvalue weighted by molar-refractivity contribution is 5.81. The molecule has 1 amide bonds. The number of aliphatic hydroxyl groups is 1. The summed E-state index contributed by atoms with van der Waals surface area (Å²) >= 11 is 0. The van der Waals surface area contributed by atoms with Crippen molar-refractivity contribution in [1.82, 2.24) is 14.9 Å². The van der Waals surface area contributed by atoms with Crippen LogP contribution in [0, 0.1) is 0 Å². The number of hydrogen-bond donors (Lipinski definition) is 2. The molecule has 3 aromatic rings. The molecule has 23 heavy (non-hydrogen) atoms. The van der Waals surface area contributed by atoms with Crippen molar-refractivity contribution < 1.29 is 9.90 Å². The second kappa shape index (κ2) is 6.89. The first kappa shape index (κ1) is 15.0. The Morgan fingerprint density at radius 1 is 1.13 bits per heavy atom. The van der Waals surface area contributed by atoms with E-state index in [9.17, 15) is 9.90 Å². The minimum Gasteiger partial charge on any atom is -0.378 e. The molecular weight excluding hydrogens is 290 g/mol. The van der Waals surface area contributed by atoms with Crippen molar-refractivity contribution in [3.63, 3.8) is 0 Å². The number of hydrogen-bond acceptors (Lipinski definition) is 3. The molecule has 0 aliphatic rings. The van der Waals surface area contributed by atoms with E-state index in [0.717, 1.165) is 11.3 Å². The number of imidazole rings is 1. The zero-order valence-corrected chi connectivity index (χ0v) is 12.5. The first-order chi connectivity index (χ1) is 11.2. The number of amides is 1. The minimum atomic E-state index is -1.15. The van der Waals surface area contributed by atoms with Crippen LogP contribution in [0.4, 0.5) is 0 Å². The molecule has 0 fully saturated rings. The molecule has 5 heteroatoms. The van der Waals surface area contributed by atoms with Crippen LogP contribution in [0.15, 0.2) is 73.3 Å². The van der Waals surface area contributed by atoms with Crippen molar-refractivity contribution in [2.45, 2.75) is 12.6 Å². The van der Waals surface area contributed by atoms with Crippen molar-refractivity contribution in [2.75, 3.05) is 0 Å². The van der Waals surface area contributed by atoms with E-state index in [2.05, 4.69) is 10.3 Å². The molecule has 3 rings (SSSR count). The van der Waals surface area contributed by atoms with Gasteiger partial charge in [-0.25, -0.2) is 4.98 Å². The first-order valence-corrected chi connectivity index (χ1v) is 7.32. The van der Waals surface area contributed by atoms with E-state index in [1.165, 1.54) is 0 Å². The SMILES string of the molecule is O=C(NCc1ccc(-n2ccnc2)cc1)C(O)c1ccccc1. The Morgan fingerprint density at radius 2 is 1.87 bits per heavy atom. The highest BCUT2D eigenvalue weighted by Gasteiger charge is 2.16. The van der Waals surface area contributed by atoms with Gasteiger partial charge in [0.1, 0.15) is 0 Å². The van der Waals surface area contributed by atoms with Crippen LogP contribution in [0.2, 0.25) is 0 Å². The van der Waals surface area contributed by atoms with Gasteiger partial charge < -0.3 is 15.0 Å². The zero-order valence-electron chi connectivity index (χ0n) is 12.5. The van der Waals surface area contributed by atoms with Gasteiger partial charge in [-0.05, 0) is 23.3 Å². The lowest BCUT2D eigenvalue weighted by Gasteiger charge is -2.12. The van der Waals surface area contributed by atoms with E-state index in [1.54, 1.807) is 36.8 Å². The van der Waals surface area contributed by atoms with E-state index in [4.69, 9.17) is 0 Å². The van der Waals surface area contributed by atoms with Crippen LogP contribution in [0.3, 0.4) is 0 Å². The van der Waals surface area contributed by atoms with Gasteiger partial charge in [0.15, 0.2) is 6.10 Å². The Bertz CT molecular complexity index is 753. The molecule has 0 aliphatic heterocycles. The monoisotopic (exact) mass is 307 g/mol. The molecule has 1 atom stereocenters. The molecule has 116 valence electrons. The number of nitrogens with zero attached hydrogens (tertiary/aromatic N) is 2. The molecular formula is C18H17N3O2. The highest BCUT2D eigenvalue weighted by Crippen LogP contribution is 2.13. The Balaban J connectivity index is 1.59. The molecule has 2 N–H and O–H groups in total. The quantitative estimate of drug-likeness (QED) is 0.759. The number of nitrogens with one attached hydrogen (secondary N) is 1. The van der Waals surface area contributed by atoms with E-state index < -0.39 is 12.0 Å². The molecule has 1 heterocycles. The van der Waals surface area contributed by atoms with Gasteiger partial charge in [0.05, 0.1) is 6.33 Å². The summed E-state index contributed by atoms with van der Waals surface area (Å²) in [7, 11) is 0. The Labute approximate surface area is 134 Å². The molecule has 0 saturated heterocycles. The summed E-state index contributed by atoms with van der Waals surface area (Å²) in [5.41, 5.74) is 2.55. The molecule has 5 nitrogen and oxygen atoms in total. The second-order valence-corrected chi connectivity index (χ2v) is 5.17. The molecule has 1 aromatic heterocycles. The van der Waals surface area contributed by atoms with Gasteiger partial charge in [-0.1, -0.05) is 42.5 Å². The summed E-state index contributed by atoms with van der Waals surface area (Å²) in [6.45, 7) is 0.368. The van der Waals surface area contributed by atoms with Gasteiger partial charge in [0.2, 0.25) is 0 Å². The van der Waals surface area contributed by atoms with Gasteiger partial charge >= 0.3 is 0 Å². The van der Waals surface area contributed by atoms with Crippen LogP contribution in [0.25, 0.3) is 5.69 Å². The van der Waals surface area contributed by atoms with Crippen molar-refractivity contribution >= 4 is 5.91 Å². The predicted molar refractivity (Wildman–Crippen MR) is 86.8 cm³/mol. The fourth-order valence-corrected chi connectivity index (χ4v) is 2.27. The number of rotatable bonds is 5. The smallest absolute Gasteiger partial charge is 0.253 e. The third-order valence-electron chi connectivity index (χ3n) is 3.57. The predicted octanol–water partition coefficient (Wildman–Crippen LogP) is 2.22. The van der Waals surface area contributed by atoms with Crippen LogP contribution >= 0.6 is 0 Å². The summed E-state index contributed by atoms with van der Waals surface area (Å²) < 4.78 is 1.90. The minimum absolute atomic E-state index is 0.368. The van der Waals surface area contributed by atoms with Gasteiger partial charge in [-0.15, -0.1) is 0 Å². The van der Waals surface area contributed by atoms with Crippen molar-refractivity contribution in [2.24, 2.45) is 0 Å². The average Bonchev–Trinajstić information content (AvgIpc) is 3.15. The summed E-state index contributed by atoms with van der Waals surface area (Å²) in [4.78, 5) is 16.0. The maximum Gasteiger partial charge on any atom is 0.253 e. The van der Waals surface area contributed by atoms with Gasteiger partial charge in [0, 0.05) is 24.6 Å². The summed E-state index contributed by atoms with van der Waals surface area (Å²) in [5, 5.41) is 12.8. The highest BCUT2D eigenvalue weighted by atomic mass is 16.3. The Kier molecular flexibility index (Phi) is 4.49. The summed E-state index contributed by atoms with van der Waals surface area (Å²) in [5.74, 6) is -0.408. The lowest BCUT2D eigenvalue weighted by molar-refractivity contribution is -0.129. The van der Waals surface area contributed by atoms with Crippen LogP contribution in [0.1, 0.15) is 17.2 Å². The van der Waals surface area contributed by atoms with Gasteiger partial charge in [-0.2, -0.15) is 0 Å². The van der Waals surface area contributed by atoms with Crippen LogP contribution in [-0.4, -0.2) is 20.6 Å². The number of aromatic nitrogens is 2. The fraction of sp³-hybridized carbons (Fsp3) is 0.111.